The van der Waals surface area contributed by atoms with E-state index in [1.54, 1.807) is 26.2 Å². The molecule has 1 fully saturated rings. The van der Waals surface area contributed by atoms with Gasteiger partial charge < -0.3 is 10.1 Å². The van der Waals surface area contributed by atoms with Gasteiger partial charge >= 0.3 is 0 Å². The summed E-state index contributed by atoms with van der Waals surface area (Å²) in [4.78, 5) is 0.388. The minimum atomic E-state index is -3.21. The third kappa shape index (κ3) is 2.56. The molecule has 0 bridgehead atoms. The molecule has 0 saturated heterocycles. The SMILES string of the molecule is CCS(=O)(=O)c1ccccc1NC1CC(OC)C1(C)C. The summed E-state index contributed by atoms with van der Waals surface area (Å²) in [5.74, 6) is 0.112. The van der Waals surface area contributed by atoms with E-state index >= 15 is 0 Å². The molecule has 0 radical (unpaired) electrons. The van der Waals surface area contributed by atoms with Gasteiger partial charge in [-0.1, -0.05) is 32.9 Å². The molecule has 2 atom stereocenters. The highest BCUT2D eigenvalue weighted by Crippen LogP contribution is 2.44. The van der Waals surface area contributed by atoms with Crippen molar-refractivity contribution in [2.24, 2.45) is 5.41 Å². The third-order valence-electron chi connectivity index (χ3n) is 4.39. The van der Waals surface area contributed by atoms with Crippen LogP contribution in [0.25, 0.3) is 0 Å². The molecule has 1 aromatic rings. The van der Waals surface area contributed by atoms with Crippen molar-refractivity contribution < 1.29 is 13.2 Å². The van der Waals surface area contributed by atoms with Crippen LogP contribution in [0, 0.1) is 5.41 Å². The van der Waals surface area contributed by atoms with Gasteiger partial charge in [-0.15, -0.1) is 0 Å². The van der Waals surface area contributed by atoms with Crippen LogP contribution < -0.4 is 5.32 Å². The zero-order valence-electron chi connectivity index (χ0n) is 12.5. The fraction of sp³-hybridized carbons (Fsp3) is 0.600. The Balaban J connectivity index is 2.24. The van der Waals surface area contributed by atoms with Crippen LogP contribution in [0.1, 0.15) is 27.2 Å². The number of ether oxygens (including phenoxy) is 1. The Hall–Kier alpha value is -1.07. The lowest BCUT2D eigenvalue weighted by atomic mass is 9.64. The third-order valence-corrected chi connectivity index (χ3v) is 6.18. The van der Waals surface area contributed by atoms with Crippen LogP contribution in [0.2, 0.25) is 0 Å². The summed E-state index contributed by atoms with van der Waals surface area (Å²) >= 11 is 0. The minimum absolute atomic E-state index is 0.00214. The maximum atomic E-state index is 12.1. The molecule has 1 aromatic carbocycles. The highest BCUT2D eigenvalue weighted by atomic mass is 32.2. The quantitative estimate of drug-likeness (QED) is 0.908. The number of hydrogen-bond acceptors (Lipinski definition) is 4. The van der Waals surface area contributed by atoms with Crippen molar-refractivity contribution in [2.75, 3.05) is 18.2 Å². The second-order valence-electron chi connectivity index (χ2n) is 5.88. The van der Waals surface area contributed by atoms with E-state index in [-0.39, 0.29) is 23.3 Å². The number of nitrogens with one attached hydrogen (secondary N) is 1. The van der Waals surface area contributed by atoms with E-state index in [4.69, 9.17) is 4.74 Å². The van der Waals surface area contributed by atoms with Gasteiger partial charge in [0.05, 0.1) is 22.4 Å². The molecule has 2 rings (SSSR count). The van der Waals surface area contributed by atoms with Crippen LogP contribution in [0.3, 0.4) is 0 Å². The van der Waals surface area contributed by atoms with E-state index in [0.717, 1.165) is 6.42 Å². The molecule has 1 aliphatic carbocycles. The first-order valence-corrected chi connectivity index (χ1v) is 8.59. The summed E-state index contributed by atoms with van der Waals surface area (Å²) in [7, 11) is -1.49. The Labute approximate surface area is 121 Å². The highest BCUT2D eigenvalue weighted by molar-refractivity contribution is 7.91. The maximum absolute atomic E-state index is 12.1. The second-order valence-corrected chi connectivity index (χ2v) is 8.12. The Bertz CT molecular complexity index is 581. The summed E-state index contributed by atoms with van der Waals surface area (Å²) in [6, 6.07) is 7.34. The first-order chi connectivity index (χ1) is 9.32. The van der Waals surface area contributed by atoms with Gasteiger partial charge in [0.2, 0.25) is 0 Å². The van der Waals surface area contributed by atoms with Crippen LogP contribution >= 0.6 is 0 Å². The number of benzene rings is 1. The molecule has 1 aliphatic rings. The first-order valence-electron chi connectivity index (χ1n) is 6.94. The highest BCUT2D eigenvalue weighted by Gasteiger charge is 2.48. The van der Waals surface area contributed by atoms with E-state index in [0.29, 0.717) is 10.6 Å². The number of anilines is 1. The molecule has 112 valence electrons. The van der Waals surface area contributed by atoms with E-state index in [1.807, 2.05) is 12.1 Å². The van der Waals surface area contributed by atoms with E-state index in [1.165, 1.54) is 0 Å². The first kappa shape index (κ1) is 15.3. The minimum Gasteiger partial charge on any atom is -0.381 e. The fourth-order valence-corrected chi connectivity index (χ4v) is 3.79. The summed E-state index contributed by atoms with van der Waals surface area (Å²) in [5, 5.41) is 3.38. The van der Waals surface area contributed by atoms with Crippen molar-refractivity contribution >= 4 is 15.5 Å². The zero-order valence-corrected chi connectivity index (χ0v) is 13.3. The standard InChI is InChI=1S/C15H23NO3S/c1-5-20(17,18)12-9-7-6-8-11(12)16-13-10-14(19-4)15(13,2)3/h6-9,13-14,16H,5,10H2,1-4H3. The molecule has 5 heteroatoms. The molecule has 0 spiro atoms. The molecule has 20 heavy (non-hydrogen) atoms. The van der Waals surface area contributed by atoms with Gasteiger partial charge in [-0.2, -0.15) is 0 Å². The van der Waals surface area contributed by atoms with Crippen molar-refractivity contribution in [3.05, 3.63) is 24.3 Å². The molecule has 0 heterocycles. The average Bonchev–Trinajstić information content (AvgIpc) is 2.43. The molecular weight excluding hydrogens is 274 g/mol. The smallest absolute Gasteiger partial charge is 0.180 e. The number of rotatable bonds is 5. The predicted octanol–water partition coefficient (Wildman–Crippen LogP) is 2.71. The van der Waals surface area contributed by atoms with E-state index < -0.39 is 9.84 Å². The number of hydrogen-bond donors (Lipinski definition) is 1. The maximum Gasteiger partial charge on any atom is 0.180 e. The van der Waals surface area contributed by atoms with E-state index in [2.05, 4.69) is 19.2 Å². The largest absolute Gasteiger partial charge is 0.381 e. The normalized spacial score (nSPS) is 25.0. The van der Waals surface area contributed by atoms with Crippen molar-refractivity contribution in [3.8, 4) is 0 Å². The lowest BCUT2D eigenvalue weighted by molar-refractivity contribution is -0.0795. The molecule has 4 nitrogen and oxygen atoms in total. The second kappa shape index (κ2) is 5.37. The lowest BCUT2D eigenvalue weighted by Gasteiger charge is -2.51. The van der Waals surface area contributed by atoms with Crippen molar-refractivity contribution in [2.45, 2.75) is 44.2 Å². The Morgan fingerprint density at radius 3 is 2.55 bits per heavy atom. The molecule has 0 aromatic heterocycles. The molecule has 1 saturated carbocycles. The monoisotopic (exact) mass is 297 g/mol. The van der Waals surface area contributed by atoms with Crippen molar-refractivity contribution in [1.29, 1.82) is 0 Å². The Morgan fingerprint density at radius 2 is 2.00 bits per heavy atom. The Morgan fingerprint density at radius 1 is 1.35 bits per heavy atom. The predicted molar refractivity (Wildman–Crippen MR) is 80.8 cm³/mol. The van der Waals surface area contributed by atoms with Crippen LogP contribution in [0.5, 0.6) is 0 Å². The summed E-state index contributed by atoms with van der Waals surface area (Å²) in [5.41, 5.74) is 0.694. The van der Waals surface area contributed by atoms with Gasteiger partial charge in [0.25, 0.3) is 0 Å². The molecular formula is C15H23NO3S. The topological polar surface area (TPSA) is 55.4 Å². The van der Waals surface area contributed by atoms with Crippen LogP contribution in [-0.2, 0) is 14.6 Å². The molecule has 0 aliphatic heterocycles. The molecule has 2 unspecified atom stereocenters. The van der Waals surface area contributed by atoms with Gasteiger partial charge in [0.15, 0.2) is 9.84 Å². The van der Waals surface area contributed by atoms with Crippen LogP contribution in [0.4, 0.5) is 5.69 Å². The molecule has 1 N–H and O–H groups in total. The average molecular weight is 297 g/mol. The van der Waals surface area contributed by atoms with Crippen molar-refractivity contribution in [1.82, 2.24) is 0 Å². The fourth-order valence-electron chi connectivity index (χ4n) is 2.73. The zero-order chi connectivity index (χ0) is 15.0. The number of methoxy groups -OCH3 is 1. The summed E-state index contributed by atoms with van der Waals surface area (Å²) in [6.07, 6.45) is 1.11. The lowest BCUT2D eigenvalue weighted by Crippen LogP contribution is -2.57. The number of sulfone groups is 1. The van der Waals surface area contributed by atoms with Crippen LogP contribution in [-0.4, -0.2) is 33.4 Å². The van der Waals surface area contributed by atoms with Gasteiger partial charge in [-0.3, -0.25) is 0 Å². The molecule has 0 amide bonds. The summed E-state index contributed by atoms with van der Waals surface area (Å²) in [6.45, 7) is 5.94. The van der Waals surface area contributed by atoms with Crippen molar-refractivity contribution in [3.63, 3.8) is 0 Å². The number of para-hydroxylation sites is 1. The Kier molecular flexibility index (Phi) is 4.12. The van der Waals surface area contributed by atoms with Gasteiger partial charge in [0, 0.05) is 18.6 Å². The van der Waals surface area contributed by atoms with Gasteiger partial charge in [0.1, 0.15) is 0 Å². The van der Waals surface area contributed by atoms with E-state index in [9.17, 15) is 8.42 Å². The summed E-state index contributed by atoms with van der Waals surface area (Å²) < 4.78 is 29.7. The van der Waals surface area contributed by atoms with Gasteiger partial charge in [-0.25, -0.2) is 8.42 Å². The van der Waals surface area contributed by atoms with Gasteiger partial charge in [-0.05, 0) is 18.6 Å². The van der Waals surface area contributed by atoms with Crippen LogP contribution in [0.15, 0.2) is 29.2 Å².